The summed E-state index contributed by atoms with van der Waals surface area (Å²) in [6.07, 6.45) is 8.27. The number of benzene rings is 8. The first-order valence-corrected chi connectivity index (χ1v) is 24.9. The van der Waals surface area contributed by atoms with Gasteiger partial charge in [0.1, 0.15) is 0 Å². The molecule has 66 heavy (non-hydrogen) atoms. The van der Waals surface area contributed by atoms with Crippen molar-refractivity contribution in [1.82, 2.24) is 9.80 Å². The van der Waals surface area contributed by atoms with Gasteiger partial charge in [-0.15, -0.1) is 0 Å². The number of ether oxygens (including phenoxy) is 1. The molecule has 9 heteroatoms. The Kier molecular flexibility index (Phi) is 10.1. The quantitative estimate of drug-likeness (QED) is 0.0687. The van der Waals surface area contributed by atoms with Crippen LogP contribution in [0.3, 0.4) is 0 Å². The average molecular weight is 1060 g/mol. The Bertz CT molecular complexity index is 3540. The first-order chi connectivity index (χ1) is 32.1. The van der Waals surface area contributed by atoms with Crippen molar-refractivity contribution >= 4 is 102 Å². The molecule has 8 aromatic carbocycles. The van der Waals surface area contributed by atoms with Gasteiger partial charge in [0.05, 0.1) is 0 Å². The molecule has 0 atom stereocenters. The van der Waals surface area contributed by atoms with Gasteiger partial charge in [0, 0.05) is 0 Å². The van der Waals surface area contributed by atoms with Gasteiger partial charge < -0.3 is 0 Å². The standard InChI is InChI=1S/C57H41N2O5P.Os/c1-6-17-35-28-46-50-42(54(60)58(4)56(46)62)27-25-41-49-45(30-47-51-43(55(61)59(5)57(47)63)26-24-40(53(49)51)48(35)52(41)50)44(29-36-32-64-31-34(36)7-2)33(3)65(37-18-11-8-12-19-37,38-20-13-9-14-21-38)39-22-15-10-16-23-39;/h6-30H,31-32H2,1-2,4-5H3;/q+1;/b17-6+,34-7?,36-29?,44-33?;. The van der Waals surface area contributed by atoms with Crippen LogP contribution in [0.25, 0.3) is 54.7 Å². The van der Waals surface area contributed by atoms with Crippen molar-refractivity contribution in [3.63, 3.8) is 0 Å². The van der Waals surface area contributed by atoms with E-state index < -0.39 is 13.2 Å². The fraction of sp³-hybridized carbons (Fsp3) is 0.105. The molecular weight excluding hydrogens is 1010 g/mol. The molecule has 3 heterocycles. The van der Waals surface area contributed by atoms with Crippen molar-refractivity contribution in [2.75, 3.05) is 27.3 Å². The summed E-state index contributed by atoms with van der Waals surface area (Å²) in [5.41, 5.74) is 6.24. The summed E-state index contributed by atoms with van der Waals surface area (Å²) < 4.78 is 10.1. The summed E-state index contributed by atoms with van der Waals surface area (Å²) in [4.78, 5) is 59.8. The molecule has 1 fully saturated rings. The van der Waals surface area contributed by atoms with Gasteiger partial charge in [-0.1, -0.05) is 0 Å². The summed E-state index contributed by atoms with van der Waals surface area (Å²) in [7, 11) is 0.205. The molecule has 0 N–H and O–H groups in total. The maximum atomic E-state index is 14.9. The minimum atomic E-state index is -2.87. The van der Waals surface area contributed by atoms with Crippen molar-refractivity contribution in [2.45, 2.75) is 13.8 Å². The van der Waals surface area contributed by atoms with Gasteiger partial charge in [0.25, 0.3) is 0 Å². The Balaban J connectivity index is 1.45. The van der Waals surface area contributed by atoms with Crippen LogP contribution in [-0.2, 0) is 22.7 Å². The zero-order valence-electron chi connectivity index (χ0n) is 36.6. The first-order valence-electron chi connectivity index (χ1n) is 21.8. The summed E-state index contributed by atoms with van der Waals surface area (Å²) in [6, 6.07) is 43.5. The fourth-order valence-corrected chi connectivity index (χ4v) is 16.5. The van der Waals surface area contributed by atoms with E-state index in [9.17, 15) is 19.2 Å². The van der Waals surface area contributed by atoms with Crippen molar-refractivity contribution in [1.29, 1.82) is 0 Å². The monoisotopic (exact) mass is 1060 g/mol. The topological polar surface area (TPSA) is 84.0 Å². The van der Waals surface area contributed by atoms with Crippen LogP contribution in [0.5, 0.6) is 0 Å². The molecular formula is C57H41N2O5OsP+. The number of allylic oxidation sites excluding steroid dienone is 5. The molecule has 0 aliphatic carbocycles. The number of nitrogens with zero attached hydrogens (tertiary/aromatic N) is 2. The van der Waals surface area contributed by atoms with Crippen LogP contribution >= 0.6 is 7.26 Å². The van der Waals surface area contributed by atoms with Crippen LogP contribution in [0.4, 0.5) is 0 Å². The summed E-state index contributed by atoms with van der Waals surface area (Å²) >= 11 is 1.69. The van der Waals surface area contributed by atoms with Crippen LogP contribution in [0, 0.1) is 4.37 Å². The van der Waals surface area contributed by atoms with Gasteiger partial charge in [-0.05, 0) is 0 Å². The molecule has 0 saturated carbocycles. The van der Waals surface area contributed by atoms with E-state index in [0.29, 0.717) is 46.2 Å². The van der Waals surface area contributed by atoms with Gasteiger partial charge in [0.15, 0.2) is 0 Å². The second-order valence-corrected chi connectivity index (χ2v) is 20.9. The van der Waals surface area contributed by atoms with Crippen LogP contribution in [0.2, 0.25) is 0 Å². The van der Waals surface area contributed by atoms with E-state index in [2.05, 4.69) is 89.3 Å². The van der Waals surface area contributed by atoms with Gasteiger partial charge in [-0.25, -0.2) is 0 Å². The molecule has 4 amide bonds. The van der Waals surface area contributed by atoms with E-state index in [4.69, 9.17) is 4.74 Å². The van der Waals surface area contributed by atoms with Gasteiger partial charge in [-0.3, -0.25) is 0 Å². The molecule has 11 rings (SSSR count). The zero-order chi connectivity index (χ0) is 45.6. The summed E-state index contributed by atoms with van der Waals surface area (Å²) in [5, 5.41) is 10.4. The minimum absolute atomic E-state index is 0.369. The van der Waals surface area contributed by atoms with Gasteiger partial charge >= 0.3 is 394 Å². The van der Waals surface area contributed by atoms with Crippen LogP contribution in [0.15, 0.2) is 162 Å². The molecule has 7 nitrogen and oxygen atoms in total. The number of amides is 4. The normalized spacial score (nSPS) is 16.9. The van der Waals surface area contributed by atoms with Gasteiger partial charge in [-0.2, -0.15) is 0 Å². The van der Waals surface area contributed by atoms with Gasteiger partial charge in [0.2, 0.25) is 0 Å². The number of carbonyl (C=O) groups is 4. The van der Waals surface area contributed by atoms with Crippen LogP contribution in [0.1, 0.15) is 66.4 Å². The van der Waals surface area contributed by atoms with E-state index in [-0.39, 0.29) is 17.7 Å². The number of imide groups is 2. The molecule has 1 saturated heterocycles. The Morgan fingerprint density at radius 3 is 1.55 bits per heavy atom. The Morgan fingerprint density at radius 2 is 1.05 bits per heavy atom. The average Bonchev–Trinajstić information content (AvgIpc) is 3.82. The molecule has 321 valence electrons. The molecule has 0 spiro atoms. The van der Waals surface area contributed by atoms with Crippen molar-refractivity contribution < 1.29 is 41.9 Å². The molecule has 0 bridgehead atoms. The number of carbonyl (C=O) groups excluding carboxylic acids is 4. The van der Waals surface area contributed by atoms with Crippen molar-refractivity contribution in [2.24, 2.45) is 0 Å². The predicted octanol–water partition coefficient (Wildman–Crippen LogP) is 10.3. The van der Waals surface area contributed by atoms with Crippen molar-refractivity contribution in [3.8, 4) is 4.37 Å². The Labute approximate surface area is 392 Å². The fourth-order valence-electron chi connectivity index (χ4n) is 10.6. The second kappa shape index (κ2) is 15.9. The Hall–Kier alpha value is -6.89. The summed E-state index contributed by atoms with van der Waals surface area (Å²) in [6.45, 7) is 4.80. The maximum absolute atomic E-state index is 14.9. The van der Waals surface area contributed by atoms with E-state index in [1.807, 2.05) is 80.6 Å². The molecule has 8 aromatic rings. The van der Waals surface area contributed by atoms with E-state index in [0.717, 1.165) is 81.4 Å². The van der Waals surface area contributed by atoms with E-state index in [1.165, 1.54) is 16.8 Å². The third-order valence-corrected chi connectivity index (χ3v) is 19.0. The van der Waals surface area contributed by atoms with Crippen LogP contribution in [-0.4, -0.2) is 60.7 Å². The molecule has 0 unspecified atom stereocenters. The molecule has 3 aliphatic rings. The van der Waals surface area contributed by atoms with Crippen LogP contribution < -0.4 is 15.9 Å². The van der Waals surface area contributed by atoms with E-state index in [1.54, 1.807) is 25.0 Å². The number of fused-ring (bicyclic) bond motifs is 2. The molecule has 3 aliphatic heterocycles. The van der Waals surface area contributed by atoms with Crippen molar-refractivity contribution in [3.05, 3.63) is 195 Å². The Morgan fingerprint density at radius 1 is 0.576 bits per heavy atom. The number of hydrogen-bond acceptors (Lipinski definition) is 5. The SMILES string of the molecule is CC=C1COCC1=CC(=C([C]#[Os])[P+](c1ccccc1)(c1ccccc1)c1ccccc1)c1cc2c3c(ccc4c5c(/C=C/C)cc6c7c(ccc(c1c34)c75)C(=O)N(C)C6=O)C(=O)N(C)C2=O. The third kappa shape index (κ3) is 5.80. The zero-order valence-corrected chi connectivity index (χ0v) is 40.0. The first kappa shape index (κ1) is 41.8. The number of rotatable bonds is 7. The molecule has 0 radical (unpaired) electrons. The second-order valence-electron chi connectivity index (χ2n) is 16.9. The molecule has 0 aromatic heterocycles. The van der Waals surface area contributed by atoms with E-state index >= 15 is 0 Å². The predicted molar refractivity (Wildman–Crippen MR) is 264 cm³/mol. The number of hydrogen-bond donors (Lipinski definition) is 0. The third-order valence-electron chi connectivity index (χ3n) is 13.6. The summed E-state index contributed by atoms with van der Waals surface area (Å²) in [5.74, 6) is -1.51.